The van der Waals surface area contributed by atoms with E-state index in [1.54, 1.807) is 0 Å². The second-order valence-electron chi connectivity index (χ2n) is 8.15. The number of hydrogen-bond acceptors (Lipinski definition) is 2. The Kier molecular flexibility index (Phi) is 2.81. The monoisotopic (exact) mass is 261 g/mol. The number of aldehydes is 1. The minimum Gasteiger partial charge on any atom is -0.303 e. The molecule has 0 N–H and O–H groups in total. The van der Waals surface area contributed by atoms with Gasteiger partial charge in [0.25, 0.3) is 0 Å². The highest BCUT2D eigenvalue weighted by Crippen LogP contribution is 2.60. The van der Waals surface area contributed by atoms with Crippen molar-refractivity contribution in [2.45, 2.75) is 57.9 Å². The predicted octanol–water partition coefficient (Wildman–Crippen LogP) is 3.11. The van der Waals surface area contributed by atoms with Crippen LogP contribution in [0.4, 0.5) is 0 Å². The Hall–Kier alpha value is -0.370. The van der Waals surface area contributed by atoms with Gasteiger partial charge in [-0.1, -0.05) is 6.92 Å². The lowest BCUT2D eigenvalue weighted by Crippen LogP contribution is -2.64. The zero-order valence-electron chi connectivity index (χ0n) is 12.2. The van der Waals surface area contributed by atoms with Crippen molar-refractivity contribution >= 4 is 6.29 Å². The van der Waals surface area contributed by atoms with Gasteiger partial charge in [-0.2, -0.15) is 0 Å². The second-order valence-corrected chi connectivity index (χ2v) is 8.15. The molecule has 5 aliphatic rings. The molecule has 1 saturated heterocycles. The highest BCUT2D eigenvalue weighted by Gasteiger charge is 2.58. The molecular weight excluding hydrogens is 234 g/mol. The zero-order chi connectivity index (χ0) is 13.0. The molecule has 4 saturated carbocycles. The lowest BCUT2D eigenvalue weighted by molar-refractivity contribution is -0.153. The number of likely N-dealkylation sites (tertiary alicyclic amines) is 1. The van der Waals surface area contributed by atoms with Crippen LogP contribution in [-0.2, 0) is 4.79 Å². The highest BCUT2D eigenvalue weighted by atomic mass is 16.1. The van der Waals surface area contributed by atoms with Gasteiger partial charge in [0.2, 0.25) is 0 Å². The van der Waals surface area contributed by atoms with Crippen molar-refractivity contribution in [3.63, 3.8) is 0 Å². The van der Waals surface area contributed by atoms with E-state index in [0.717, 1.165) is 23.7 Å². The van der Waals surface area contributed by atoms with Gasteiger partial charge in [0.15, 0.2) is 0 Å². The minimum absolute atomic E-state index is 0.0474. The largest absolute Gasteiger partial charge is 0.303 e. The summed E-state index contributed by atoms with van der Waals surface area (Å²) < 4.78 is 0. The number of nitrogens with zero attached hydrogens (tertiary/aromatic N) is 1. The van der Waals surface area contributed by atoms with Crippen LogP contribution in [0.5, 0.6) is 0 Å². The summed E-state index contributed by atoms with van der Waals surface area (Å²) in [6.07, 6.45) is 10.8. The molecule has 5 rings (SSSR count). The van der Waals surface area contributed by atoms with E-state index < -0.39 is 0 Å². The van der Waals surface area contributed by atoms with Gasteiger partial charge in [-0.25, -0.2) is 0 Å². The molecular formula is C17H27NO. The maximum atomic E-state index is 12.0. The van der Waals surface area contributed by atoms with Crippen molar-refractivity contribution < 1.29 is 4.79 Å². The molecule has 1 heterocycles. The topological polar surface area (TPSA) is 20.3 Å². The standard InChI is InChI=1S/C17H27NO/c1-12-3-2-4-18(10-12)16-15-6-13-5-14(7-15)9-17(16,8-13)11-19/h11-16H,2-10H2,1H3. The van der Waals surface area contributed by atoms with E-state index in [9.17, 15) is 4.79 Å². The molecule has 0 spiro atoms. The molecule has 4 bridgehead atoms. The van der Waals surface area contributed by atoms with Gasteiger partial charge in [0, 0.05) is 18.0 Å². The Morgan fingerprint density at radius 1 is 1.16 bits per heavy atom. The fraction of sp³-hybridized carbons (Fsp3) is 0.941. The number of carbonyl (C=O) groups is 1. The third kappa shape index (κ3) is 1.82. The SMILES string of the molecule is CC1CCCN(C2C3CC4CC(C3)CC2(C=O)C4)C1. The molecule has 4 unspecified atom stereocenters. The normalized spacial score (nSPS) is 53.4. The van der Waals surface area contributed by atoms with Crippen LogP contribution in [0.15, 0.2) is 0 Å². The first-order chi connectivity index (χ1) is 9.20. The first kappa shape index (κ1) is 12.4. The molecule has 106 valence electrons. The molecule has 0 radical (unpaired) electrons. The number of piperidine rings is 1. The second kappa shape index (κ2) is 4.31. The van der Waals surface area contributed by atoms with Crippen LogP contribution in [0.3, 0.4) is 0 Å². The van der Waals surface area contributed by atoms with E-state index in [2.05, 4.69) is 11.8 Å². The van der Waals surface area contributed by atoms with Crippen molar-refractivity contribution in [2.75, 3.05) is 13.1 Å². The Morgan fingerprint density at radius 2 is 1.89 bits per heavy atom. The maximum Gasteiger partial charge on any atom is 0.127 e. The Labute approximate surface area is 116 Å². The van der Waals surface area contributed by atoms with Crippen molar-refractivity contribution in [1.82, 2.24) is 4.90 Å². The van der Waals surface area contributed by atoms with E-state index >= 15 is 0 Å². The summed E-state index contributed by atoms with van der Waals surface area (Å²) in [4.78, 5) is 14.7. The van der Waals surface area contributed by atoms with E-state index in [0.29, 0.717) is 6.04 Å². The van der Waals surface area contributed by atoms with Crippen LogP contribution in [-0.4, -0.2) is 30.3 Å². The summed E-state index contributed by atoms with van der Waals surface area (Å²) in [5.41, 5.74) is 0.0474. The van der Waals surface area contributed by atoms with E-state index in [4.69, 9.17) is 0 Å². The van der Waals surface area contributed by atoms with E-state index in [1.165, 1.54) is 64.3 Å². The molecule has 0 aromatic rings. The molecule has 0 aromatic heterocycles. The fourth-order valence-electron chi connectivity index (χ4n) is 6.38. The van der Waals surface area contributed by atoms with Gasteiger partial charge in [-0.05, 0) is 75.2 Å². The van der Waals surface area contributed by atoms with Crippen LogP contribution in [0, 0.1) is 29.1 Å². The molecule has 2 heteroatoms. The lowest BCUT2D eigenvalue weighted by atomic mass is 9.47. The number of carbonyl (C=O) groups excluding carboxylic acids is 1. The van der Waals surface area contributed by atoms with Gasteiger partial charge in [-0.15, -0.1) is 0 Å². The molecule has 0 aromatic carbocycles. The van der Waals surface area contributed by atoms with Gasteiger partial charge >= 0.3 is 0 Å². The van der Waals surface area contributed by atoms with Gasteiger partial charge in [0.05, 0.1) is 0 Å². The summed E-state index contributed by atoms with van der Waals surface area (Å²) in [6, 6.07) is 0.598. The van der Waals surface area contributed by atoms with Crippen LogP contribution in [0.2, 0.25) is 0 Å². The van der Waals surface area contributed by atoms with Gasteiger partial charge < -0.3 is 4.79 Å². The highest BCUT2D eigenvalue weighted by molar-refractivity contribution is 5.62. The molecule has 1 aliphatic heterocycles. The van der Waals surface area contributed by atoms with Crippen LogP contribution in [0.1, 0.15) is 51.9 Å². The van der Waals surface area contributed by atoms with Crippen LogP contribution < -0.4 is 0 Å². The average molecular weight is 261 g/mol. The zero-order valence-corrected chi connectivity index (χ0v) is 12.2. The van der Waals surface area contributed by atoms with E-state index in [-0.39, 0.29) is 5.41 Å². The van der Waals surface area contributed by atoms with Crippen molar-refractivity contribution in [3.05, 3.63) is 0 Å². The number of hydrogen-bond donors (Lipinski definition) is 0. The Bertz CT molecular complexity index is 365. The summed E-state index contributed by atoms with van der Waals surface area (Å²) in [6.45, 7) is 4.87. The third-order valence-corrected chi connectivity index (χ3v) is 6.63. The Balaban J connectivity index is 1.64. The predicted molar refractivity (Wildman–Crippen MR) is 75.8 cm³/mol. The summed E-state index contributed by atoms with van der Waals surface area (Å²) >= 11 is 0. The minimum atomic E-state index is 0.0474. The fourth-order valence-corrected chi connectivity index (χ4v) is 6.38. The molecule has 2 nitrogen and oxygen atoms in total. The maximum absolute atomic E-state index is 12.0. The first-order valence-electron chi connectivity index (χ1n) is 8.40. The third-order valence-electron chi connectivity index (χ3n) is 6.63. The molecule has 4 atom stereocenters. The number of rotatable bonds is 2. The Morgan fingerprint density at radius 3 is 2.53 bits per heavy atom. The quantitative estimate of drug-likeness (QED) is 0.712. The molecule has 0 amide bonds. The summed E-state index contributed by atoms with van der Waals surface area (Å²) in [5, 5.41) is 0. The van der Waals surface area contributed by atoms with Gasteiger partial charge in [-0.3, -0.25) is 4.90 Å². The van der Waals surface area contributed by atoms with Crippen LogP contribution in [0.25, 0.3) is 0 Å². The smallest absolute Gasteiger partial charge is 0.127 e. The molecule has 19 heavy (non-hydrogen) atoms. The van der Waals surface area contributed by atoms with E-state index in [1.807, 2.05) is 0 Å². The molecule has 5 fully saturated rings. The summed E-state index contributed by atoms with van der Waals surface area (Å²) in [5.74, 6) is 3.42. The van der Waals surface area contributed by atoms with Crippen molar-refractivity contribution in [2.24, 2.45) is 29.1 Å². The average Bonchev–Trinajstić information content (AvgIpc) is 2.37. The van der Waals surface area contributed by atoms with Crippen LogP contribution >= 0.6 is 0 Å². The molecule has 4 aliphatic carbocycles. The van der Waals surface area contributed by atoms with Crippen molar-refractivity contribution in [1.29, 1.82) is 0 Å². The van der Waals surface area contributed by atoms with Gasteiger partial charge in [0.1, 0.15) is 6.29 Å². The lowest BCUT2D eigenvalue weighted by Gasteiger charge is -2.62. The summed E-state index contributed by atoms with van der Waals surface area (Å²) in [7, 11) is 0. The first-order valence-corrected chi connectivity index (χ1v) is 8.40. The van der Waals surface area contributed by atoms with Crippen molar-refractivity contribution in [3.8, 4) is 0 Å².